The van der Waals surface area contributed by atoms with Crippen LogP contribution in [0.4, 0.5) is 0 Å². The van der Waals surface area contributed by atoms with Crippen LogP contribution in [-0.2, 0) is 6.42 Å². The van der Waals surface area contributed by atoms with Crippen molar-refractivity contribution in [2.45, 2.75) is 13.3 Å². The van der Waals surface area contributed by atoms with Crippen LogP contribution in [0.25, 0.3) is 22.0 Å². The number of pyridine rings is 2. The van der Waals surface area contributed by atoms with Crippen LogP contribution in [-0.4, -0.2) is 9.97 Å². The van der Waals surface area contributed by atoms with Crippen LogP contribution in [0.2, 0.25) is 0 Å². The van der Waals surface area contributed by atoms with E-state index < -0.39 is 0 Å². The number of rotatable bonds is 2. The lowest BCUT2D eigenvalue weighted by molar-refractivity contribution is 1.04. The lowest BCUT2D eigenvalue weighted by Gasteiger charge is -2.07. The molecule has 2 heterocycles. The van der Waals surface area contributed by atoms with Gasteiger partial charge in [0.25, 0.3) is 0 Å². The van der Waals surface area contributed by atoms with Gasteiger partial charge in [0.05, 0.1) is 0 Å². The minimum atomic E-state index is -0.0773. The summed E-state index contributed by atoms with van der Waals surface area (Å²) in [5.41, 5.74) is 4.05. The molecule has 19 heavy (non-hydrogen) atoms. The summed E-state index contributed by atoms with van der Waals surface area (Å²) in [4.78, 5) is 18.6. The van der Waals surface area contributed by atoms with Crippen molar-refractivity contribution in [3.05, 3.63) is 64.7 Å². The van der Waals surface area contributed by atoms with Crippen LogP contribution >= 0.6 is 0 Å². The average molecular weight is 250 g/mol. The molecule has 3 nitrogen and oxygen atoms in total. The molecule has 3 rings (SSSR count). The summed E-state index contributed by atoms with van der Waals surface area (Å²) >= 11 is 0. The number of nitrogens with zero attached hydrogens (tertiary/aromatic N) is 1. The molecule has 3 heteroatoms. The number of benzene rings is 1. The Bertz CT molecular complexity index is 790. The van der Waals surface area contributed by atoms with Crippen LogP contribution in [0.5, 0.6) is 0 Å². The van der Waals surface area contributed by atoms with E-state index >= 15 is 0 Å². The topological polar surface area (TPSA) is 45.8 Å². The Labute approximate surface area is 111 Å². The van der Waals surface area contributed by atoms with E-state index in [2.05, 4.69) is 29.0 Å². The van der Waals surface area contributed by atoms with Gasteiger partial charge in [0.15, 0.2) is 0 Å². The van der Waals surface area contributed by atoms with Gasteiger partial charge in [0, 0.05) is 29.0 Å². The average Bonchev–Trinajstić information content (AvgIpc) is 2.46. The lowest BCUT2D eigenvalue weighted by atomic mass is 10.0. The fourth-order valence-corrected chi connectivity index (χ4v) is 2.30. The fourth-order valence-electron chi connectivity index (χ4n) is 2.30. The highest BCUT2D eigenvalue weighted by Gasteiger charge is 2.05. The maximum absolute atomic E-state index is 11.4. The predicted octanol–water partition coefficient (Wildman–Crippen LogP) is 3.15. The molecule has 0 bridgehead atoms. The first-order chi connectivity index (χ1) is 9.28. The zero-order chi connectivity index (χ0) is 13.2. The summed E-state index contributed by atoms with van der Waals surface area (Å²) < 4.78 is 0. The van der Waals surface area contributed by atoms with Crippen molar-refractivity contribution in [1.29, 1.82) is 0 Å². The number of nitrogens with one attached hydrogen (secondary N) is 1. The highest BCUT2D eigenvalue weighted by atomic mass is 16.1. The van der Waals surface area contributed by atoms with E-state index in [1.807, 2.05) is 30.5 Å². The molecule has 0 fully saturated rings. The van der Waals surface area contributed by atoms with Gasteiger partial charge in [-0.25, -0.2) is 0 Å². The number of aromatic nitrogens is 2. The largest absolute Gasteiger partial charge is 0.322 e. The summed E-state index contributed by atoms with van der Waals surface area (Å²) in [6, 6.07) is 13.5. The van der Waals surface area contributed by atoms with Crippen molar-refractivity contribution in [1.82, 2.24) is 9.97 Å². The predicted molar refractivity (Wildman–Crippen MR) is 77.2 cm³/mol. The summed E-state index contributed by atoms with van der Waals surface area (Å²) in [6.07, 6.45) is 2.70. The van der Waals surface area contributed by atoms with E-state index in [4.69, 9.17) is 0 Å². The molecule has 2 aromatic heterocycles. The minimum Gasteiger partial charge on any atom is -0.322 e. The van der Waals surface area contributed by atoms with Gasteiger partial charge < -0.3 is 4.98 Å². The number of H-pyrrole nitrogens is 1. The summed E-state index contributed by atoms with van der Waals surface area (Å²) in [6.45, 7) is 2.09. The van der Waals surface area contributed by atoms with Gasteiger partial charge in [-0.3, -0.25) is 9.78 Å². The molecule has 0 aliphatic carbocycles. The number of aryl methyl sites for hydroxylation is 1. The van der Waals surface area contributed by atoms with Crippen LogP contribution < -0.4 is 5.56 Å². The second-order valence-electron chi connectivity index (χ2n) is 4.48. The Morgan fingerprint density at radius 2 is 2.00 bits per heavy atom. The van der Waals surface area contributed by atoms with Gasteiger partial charge in [-0.15, -0.1) is 0 Å². The van der Waals surface area contributed by atoms with Crippen molar-refractivity contribution < 1.29 is 0 Å². The smallest absolute Gasteiger partial charge is 0.248 e. The quantitative estimate of drug-likeness (QED) is 0.759. The van der Waals surface area contributed by atoms with Gasteiger partial charge in [0.2, 0.25) is 5.56 Å². The number of fused-ring (bicyclic) bond motifs is 1. The fraction of sp³-hybridized carbons (Fsp3) is 0.125. The Balaban J connectivity index is 2.22. The molecule has 1 N–H and O–H groups in total. The lowest BCUT2D eigenvalue weighted by Crippen LogP contribution is -2.02. The highest BCUT2D eigenvalue weighted by Crippen LogP contribution is 2.25. The van der Waals surface area contributed by atoms with E-state index in [0.717, 1.165) is 34.1 Å². The highest BCUT2D eigenvalue weighted by molar-refractivity contribution is 5.84. The molecule has 0 unspecified atom stereocenters. The van der Waals surface area contributed by atoms with E-state index in [-0.39, 0.29) is 5.56 Å². The second kappa shape index (κ2) is 4.69. The monoisotopic (exact) mass is 250 g/mol. The zero-order valence-corrected chi connectivity index (χ0v) is 10.7. The van der Waals surface area contributed by atoms with Crippen molar-refractivity contribution in [3.8, 4) is 11.1 Å². The van der Waals surface area contributed by atoms with Gasteiger partial charge in [-0.2, -0.15) is 0 Å². The van der Waals surface area contributed by atoms with Crippen LogP contribution in [0.3, 0.4) is 0 Å². The third-order valence-corrected chi connectivity index (χ3v) is 3.26. The molecule has 3 aromatic rings. The molecule has 94 valence electrons. The Morgan fingerprint density at radius 1 is 1.16 bits per heavy atom. The van der Waals surface area contributed by atoms with Gasteiger partial charge in [-0.1, -0.05) is 25.1 Å². The number of aromatic amines is 1. The first-order valence-electron chi connectivity index (χ1n) is 6.35. The number of hydrogen-bond donors (Lipinski definition) is 1. The van der Waals surface area contributed by atoms with E-state index in [1.54, 1.807) is 6.07 Å². The molecule has 1 aromatic carbocycles. The maximum atomic E-state index is 11.4. The van der Waals surface area contributed by atoms with Crippen molar-refractivity contribution in [2.24, 2.45) is 0 Å². The van der Waals surface area contributed by atoms with E-state index in [9.17, 15) is 4.79 Å². The molecule has 0 saturated carbocycles. The molecular formula is C16H14N2O. The summed E-state index contributed by atoms with van der Waals surface area (Å²) in [5.74, 6) is 0. The van der Waals surface area contributed by atoms with E-state index in [0.29, 0.717) is 0 Å². The standard InChI is InChI=1S/C16H14N2O/c1-2-14-13(4-3-9-17-14)12-6-5-11-7-8-16(19)18-15(11)10-12/h3-10H,2H2,1H3,(H,18,19). The first-order valence-corrected chi connectivity index (χ1v) is 6.35. The molecule has 0 radical (unpaired) electrons. The van der Waals surface area contributed by atoms with Crippen molar-refractivity contribution in [2.75, 3.05) is 0 Å². The SMILES string of the molecule is CCc1ncccc1-c1ccc2ccc(=O)[nH]c2c1. The first kappa shape index (κ1) is 11.7. The Hall–Kier alpha value is -2.42. The maximum Gasteiger partial charge on any atom is 0.248 e. The Morgan fingerprint density at radius 3 is 2.84 bits per heavy atom. The molecule has 0 amide bonds. The summed E-state index contributed by atoms with van der Waals surface area (Å²) in [7, 11) is 0. The Kier molecular flexibility index (Phi) is 2.88. The normalized spacial score (nSPS) is 10.8. The van der Waals surface area contributed by atoms with Crippen LogP contribution in [0, 0.1) is 0 Å². The van der Waals surface area contributed by atoms with Gasteiger partial charge >= 0.3 is 0 Å². The van der Waals surface area contributed by atoms with Crippen molar-refractivity contribution in [3.63, 3.8) is 0 Å². The minimum absolute atomic E-state index is 0.0773. The van der Waals surface area contributed by atoms with Crippen LogP contribution in [0.15, 0.2) is 53.5 Å². The third-order valence-electron chi connectivity index (χ3n) is 3.26. The van der Waals surface area contributed by atoms with E-state index in [1.165, 1.54) is 0 Å². The van der Waals surface area contributed by atoms with Gasteiger partial charge in [-0.05, 0) is 35.6 Å². The third kappa shape index (κ3) is 2.15. The summed E-state index contributed by atoms with van der Waals surface area (Å²) in [5, 5.41) is 1.03. The van der Waals surface area contributed by atoms with Gasteiger partial charge in [0.1, 0.15) is 0 Å². The molecule has 0 saturated heterocycles. The molecular weight excluding hydrogens is 236 g/mol. The number of hydrogen-bond acceptors (Lipinski definition) is 2. The molecule has 0 aliphatic heterocycles. The second-order valence-corrected chi connectivity index (χ2v) is 4.48. The molecule has 0 aliphatic rings. The zero-order valence-electron chi connectivity index (χ0n) is 10.7. The molecule has 0 atom stereocenters. The van der Waals surface area contributed by atoms with Crippen molar-refractivity contribution >= 4 is 10.9 Å². The van der Waals surface area contributed by atoms with Crippen LogP contribution in [0.1, 0.15) is 12.6 Å². The molecule has 0 spiro atoms.